The van der Waals surface area contributed by atoms with E-state index in [1.807, 2.05) is 25.7 Å². The smallest absolute Gasteiger partial charge is 0.236 e. The lowest BCUT2D eigenvalue weighted by Gasteiger charge is -2.64. The number of carbonyl (C=O) groups excluding carboxylic acids is 1. The molecule has 3 unspecified atom stereocenters. The number of nitrogens with zero attached hydrogens (tertiary/aromatic N) is 3. The van der Waals surface area contributed by atoms with Crippen molar-refractivity contribution in [3.05, 3.63) is 0 Å². The molecule has 10 nitrogen and oxygen atoms in total. The highest BCUT2D eigenvalue weighted by Gasteiger charge is 2.84. The van der Waals surface area contributed by atoms with Crippen LogP contribution in [0.25, 0.3) is 0 Å². The van der Waals surface area contributed by atoms with Crippen LogP contribution in [0.3, 0.4) is 0 Å². The first-order chi connectivity index (χ1) is 25.5. The number of rotatable bonds is 9. The number of morpholine rings is 1. The van der Waals surface area contributed by atoms with E-state index in [9.17, 15) is 15.0 Å². The SMILES string of the molecule is CCO[C@@H](C1C[C@@H](C)[C@H]2C(O1)[C@H](O)[C@@]1(C)C3CC[C@H]4C(C)(C)[C@@H](O[C@H]5CN(C6CN(CC(=O)N7CCC7)C6)CCO5)CC[C@@]45C[C@@]35CC[C@]21C)C(C)(C)O. The van der Waals surface area contributed by atoms with Crippen molar-refractivity contribution >= 4 is 5.91 Å². The van der Waals surface area contributed by atoms with Gasteiger partial charge in [-0.25, -0.2) is 0 Å². The first-order valence-electron chi connectivity index (χ1n) is 22.2. The fraction of sp³-hybridized carbons (Fsp3) is 0.977. The van der Waals surface area contributed by atoms with Crippen molar-refractivity contribution in [2.75, 3.05) is 59.0 Å². The maximum absolute atomic E-state index is 12.7. The molecule has 2 spiro atoms. The van der Waals surface area contributed by atoms with Crippen LogP contribution in [-0.4, -0.2) is 138 Å². The van der Waals surface area contributed by atoms with Crippen LogP contribution in [0, 0.1) is 50.7 Å². The van der Waals surface area contributed by atoms with Gasteiger partial charge in [-0.15, -0.1) is 0 Å². The summed E-state index contributed by atoms with van der Waals surface area (Å²) < 4.78 is 26.5. The van der Waals surface area contributed by atoms with Gasteiger partial charge in [0.2, 0.25) is 5.91 Å². The molecule has 4 aliphatic heterocycles. The Bertz CT molecular complexity index is 1440. The lowest BCUT2D eigenvalue weighted by molar-refractivity contribution is -0.253. The molecule has 0 bridgehead atoms. The molecule has 1 amide bonds. The lowest BCUT2D eigenvalue weighted by Crippen LogP contribution is -2.64. The van der Waals surface area contributed by atoms with E-state index in [2.05, 4.69) is 44.4 Å². The Morgan fingerprint density at radius 1 is 0.981 bits per heavy atom. The average Bonchev–Trinajstić information content (AvgIpc) is 3.70. The van der Waals surface area contributed by atoms with E-state index in [1.54, 1.807) is 0 Å². The second kappa shape index (κ2) is 13.1. The number of aliphatic hydroxyl groups excluding tert-OH is 1. The summed E-state index contributed by atoms with van der Waals surface area (Å²) >= 11 is 0. The highest BCUT2D eigenvalue weighted by molar-refractivity contribution is 5.79. The minimum atomic E-state index is -1.02. The number of aliphatic hydroxyl groups is 2. The van der Waals surface area contributed by atoms with Crippen LogP contribution in [0.1, 0.15) is 113 Å². The van der Waals surface area contributed by atoms with Crippen molar-refractivity contribution in [3.8, 4) is 0 Å². The summed E-state index contributed by atoms with van der Waals surface area (Å²) in [6.07, 6.45) is 8.94. The summed E-state index contributed by atoms with van der Waals surface area (Å²) in [5.74, 6) is 2.06. The van der Waals surface area contributed by atoms with Crippen LogP contribution in [0.15, 0.2) is 0 Å². The molecule has 0 aromatic heterocycles. The van der Waals surface area contributed by atoms with Crippen molar-refractivity contribution < 1.29 is 34.0 Å². The molecule has 5 saturated carbocycles. The van der Waals surface area contributed by atoms with Crippen LogP contribution in [0.5, 0.6) is 0 Å². The molecule has 9 rings (SSSR count). The third-order valence-corrected chi connectivity index (χ3v) is 18.5. The predicted octanol–water partition coefficient (Wildman–Crippen LogP) is 4.94. The standard InChI is InChI=1S/C44H73N3O7/c1-9-51-38(40(5,6)50)29-21-27(2)35-36(53-29)37(49)42(8)31-12-11-30-39(3,4)32(13-14-43(30)26-44(31,43)16-15-41(35,42)7)54-34-25-47(19-20-52-34)28-22-45(23-28)24-33(48)46-17-10-18-46/h27-32,34-38,49-50H,9-26H2,1-8H3/t27-,29?,30+,31?,32+,34+,35+,36?,37+,38+,41-,42-,43-,44+/m1/s1. The van der Waals surface area contributed by atoms with Gasteiger partial charge in [-0.3, -0.25) is 14.6 Å². The maximum atomic E-state index is 12.7. The van der Waals surface area contributed by atoms with E-state index >= 15 is 0 Å². The van der Waals surface area contributed by atoms with Crippen molar-refractivity contribution in [1.29, 1.82) is 0 Å². The highest BCUT2D eigenvalue weighted by atomic mass is 16.7. The average molecular weight is 756 g/mol. The molecule has 2 N–H and O–H groups in total. The largest absolute Gasteiger partial charge is 0.390 e. The van der Waals surface area contributed by atoms with E-state index in [-0.39, 0.29) is 52.2 Å². The van der Waals surface area contributed by atoms with Crippen LogP contribution < -0.4 is 0 Å². The summed E-state index contributed by atoms with van der Waals surface area (Å²) in [6.45, 7) is 25.3. The zero-order valence-corrected chi connectivity index (χ0v) is 34.9. The molecule has 9 aliphatic rings. The van der Waals surface area contributed by atoms with E-state index < -0.39 is 17.8 Å². The fourth-order valence-electron chi connectivity index (χ4n) is 15.7. The summed E-state index contributed by atoms with van der Waals surface area (Å²) in [5.41, 5.74) is -0.573. The molecule has 54 heavy (non-hydrogen) atoms. The number of likely N-dealkylation sites (tertiary alicyclic amines) is 2. The molecular formula is C44H73N3O7. The number of carbonyl (C=O) groups is 1. The lowest BCUT2D eigenvalue weighted by atomic mass is 9.41. The third kappa shape index (κ3) is 5.41. The van der Waals surface area contributed by atoms with E-state index in [0.29, 0.717) is 54.9 Å². The first kappa shape index (κ1) is 38.7. The Morgan fingerprint density at radius 3 is 2.39 bits per heavy atom. The van der Waals surface area contributed by atoms with Gasteiger partial charge in [-0.2, -0.15) is 0 Å². The van der Waals surface area contributed by atoms with Crippen molar-refractivity contribution in [1.82, 2.24) is 14.7 Å². The van der Waals surface area contributed by atoms with Crippen molar-refractivity contribution in [3.63, 3.8) is 0 Å². The van der Waals surface area contributed by atoms with Crippen molar-refractivity contribution in [2.45, 2.75) is 162 Å². The van der Waals surface area contributed by atoms with Crippen LogP contribution in [0.4, 0.5) is 0 Å². The van der Waals surface area contributed by atoms with Gasteiger partial charge in [0.15, 0.2) is 6.29 Å². The van der Waals surface area contributed by atoms with Crippen molar-refractivity contribution in [2.24, 2.45) is 50.7 Å². The predicted molar refractivity (Wildman–Crippen MR) is 205 cm³/mol. The molecule has 4 saturated heterocycles. The Morgan fingerprint density at radius 2 is 1.70 bits per heavy atom. The number of hydrogen-bond donors (Lipinski definition) is 2. The molecular weight excluding hydrogens is 682 g/mol. The van der Waals surface area contributed by atoms with E-state index in [4.69, 9.17) is 18.9 Å². The monoisotopic (exact) mass is 756 g/mol. The number of ether oxygens (including phenoxy) is 4. The zero-order valence-electron chi connectivity index (χ0n) is 34.9. The van der Waals surface area contributed by atoms with Gasteiger partial charge in [-0.05, 0) is 124 Å². The van der Waals surface area contributed by atoms with Crippen LogP contribution >= 0.6 is 0 Å². The van der Waals surface area contributed by atoms with Gasteiger partial charge in [0.25, 0.3) is 0 Å². The molecule has 4 heterocycles. The minimum absolute atomic E-state index is 0.00534. The normalized spacial score (nSPS) is 49.4. The topological polar surface area (TPSA) is 104 Å². The molecule has 14 atom stereocenters. The van der Waals surface area contributed by atoms with E-state index in [1.165, 1.54) is 32.1 Å². The molecule has 5 aliphatic carbocycles. The van der Waals surface area contributed by atoms with Gasteiger partial charge in [0, 0.05) is 57.3 Å². The Labute approximate surface area is 325 Å². The highest BCUT2D eigenvalue weighted by Crippen LogP contribution is 2.89. The quantitative estimate of drug-likeness (QED) is 0.339. The zero-order chi connectivity index (χ0) is 38.2. The second-order valence-corrected chi connectivity index (χ2v) is 21.6. The van der Waals surface area contributed by atoms with Gasteiger partial charge < -0.3 is 34.1 Å². The Hall–Kier alpha value is -0.850. The molecule has 0 aromatic rings. The molecule has 9 fully saturated rings. The summed E-state index contributed by atoms with van der Waals surface area (Å²) in [7, 11) is 0. The minimum Gasteiger partial charge on any atom is -0.390 e. The van der Waals surface area contributed by atoms with Gasteiger partial charge >= 0.3 is 0 Å². The number of fused-ring (bicyclic) bond motifs is 4. The Balaban J connectivity index is 0.872. The Kier molecular flexibility index (Phi) is 9.36. The first-order valence-corrected chi connectivity index (χ1v) is 22.2. The van der Waals surface area contributed by atoms with E-state index in [0.717, 1.165) is 65.0 Å². The molecule has 0 radical (unpaired) electrons. The van der Waals surface area contributed by atoms with Gasteiger partial charge in [0.05, 0.1) is 43.2 Å². The third-order valence-electron chi connectivity index (χ3n) is 18.5. The molecule has 306 valence electrons. The number of amides is 1. The van der Waals surface area contributed by atoms with Gasteiger partial charge in [-0.1, -0.05) is 34.6 Å². The summed E-state index contributed by atoms with van der Waals surface area (Å²) in [4.78, 5) is 19.3. The maximum Gasteiger partial charge on any atom is 0.236 e. The van der Waals surface area contributed by atoms with Gasteiger partial charge in [0.1, 0.15) is 6.10 Å². The second-order valence-electron chi connectivity index (χ2n) is 21.6. The fourth-order valence-corrected chi connectivity index (χ4v) is 15.7. The summed E-state index contributed by atoms with van der Waals surface area (Å²) in [5, 5.41) is 23.8. The van der Waals surface area contributed by atoms with Crippen LogP contribution in [0.2, 0.25) is 0 Å². The molecule has 10 heteroatoms. The number of hydrogen-bond acceptors (Lipinski definition) is 9. The summed E-state index contributed by atoms with van der Waals surface area (Å²) in [6, 6.07) is 0.480. The molecule has 0 aromatic carbocycles. The van der Waals surface area contributed by atoms with Crippen LogP contribution in [-0.2, 0) is 23.7 Å².